The number of carbonyl (C=O) groups is 1. The first kappa shape index (κ1) is 21.1. The molecule has 1 amide bonds. The summed E-state index contributed by atoms with van der Waals surface area (Å²) in [7, 11) is 3.52. The van der Waals surface area contributed by atoms with E-state index in [1.807, 2.05) is 37.3 Å². The second-order valence-corrected chi connectivity index (χ2v) is 10.3. The molecular weight excluding hydrogens is 414 g/mol. The van der Waals surface area contributed by atoms with Crippen LogP contribution in [0.2, 0.25) is 0 Å². The predicted octanol–water partition coefficient (Wildman–Crippen LogP) is 4.52. The molecule has 4 rings (SSSR count). The van der Waals surface area contributed by atoms with E-state index in [2.05, 4.69) is 6.92 Å². The number of rotatable bonds is 5. The van der Waals surface area contributed by atoms with E-state index in [1.54, 1.807) is 34.9 Å². The van der Waals surface area contributed by atoms with Gasteiger partial charge in [0, 0.05) is 25.5 Å². The zero-order valence-corrected chi connectivity index (χ0v) is 19.5. The highest BCUT2D eigenvalue weighted by Gasteiger charge is 2.28. The van der Waals surface area contributed by atoms with Gasteiger partial charge in [0.05, 0.1) is 5.39 Å². The Balaban J connectivity index is 1.83. The molecule has 0 fully saturated rings. The fraction of sp³-hybridized carbons (Fsp3) is 0.435. The summed E-state index contributed by atoms with van der Waals surface area (Å²) in [6.07, 6.45) is 3.10. The molecule has 5 nitrogen and oxygen atoms in total. The predicted molar refractivity (Wildman–Crippen MR) is 124 cm³/mol. The Morgan fingerprint density at radius 2 is 2.07 bits per heavy atom. The normalized spacial score (nSPS) is 17.0. The number of thioether (sulfide) groups is 1. The molecule has 30 heavy (non-hydrogen) atoms. The van der Waals surface area contributed by atoms with Crippen LogP contribution in [0.15, 0.2) is 40.3 Å². The van der Waals surface area contributed by atoms with Gasteiger partial charge in [0.1, 0.15) is 10.1 Å². The van der Waals surface area contributed by atoms with Crippen molar-refractivity contribution in [3.8, 4) is 0 Å². The van der Waals surface area contributed by atoms with Crippen molar-refractivity contribution < 1.29 is 4.79 Å². The Morgan fingerprint density at radius 1 is 1.33 bits per heavy atom. The summed E-state index contributed by atoms with van der Waals surface area (Å²) in [6.45, 7) is 4.76. The Kier molecular flexibility index (Phi) is 6.02. The maximum absolute atomic E-state index is 13.4. The molecule has 0 bridgehead atoms. The van der Waals surface area contributed by atoms with Crippen molar-refractivity contribution in [2.45, 2.75) is 50.1 Å². The van der Waals surface area contributed by atoms with E-state index < -0.39 is 5.25 Å². The van der Waals surface area contributed by atoms with Crippen LogP contribution < -0.4 is 5.56 Å². The molecule has 2 atom stereocenters. The molecule has 1 aliphatic rings. The van der Waals surface area contributed by atoms with Gasteiger partial charge in [0.15, 0.2) is 5.16 Å². The van der Waals surface area contributed by atoms with Crippen LogP contribution in [0, 0.1) is 5.92 Å². The third-order valence-corrected chi connectivity index (χ3v) is 8.07. The van der Waals surface area contributed by atoms with Crippen molar-refractivity contribution in [2.75, 3.05) is 14.1 Å². The molecule has 0 spiro atoms. The lowest BCUT2D eigenvalue weighted by Gasteiger charge is -2.21. The number of amides is 1. The van der Waals surface area contributed by atoms with Crippen molar-refractivity contribution >= 4 is 39.2 Å². The van der Waals surface area contributed by atoms with Gasteiger partial charge in [0.2, 0.25) is 5.91 Å². The SMILES string of the molecule is CCn1c(S[C@@H](C(=O)N(C)C)c2ccccc2)nc2sc3c(c2c1=O)CC[C@@H](C)C3. The fourth-order valence-corrected chi connectivity index (χ4v) is 6.73. The summed E-state index contributed by atoms with van der Waals surface area (Å²) in [4.78, 5) is 35.1. The minimum absolute atomic E-state index is 0.0116. The van der Waals surface area contributed by atoms with Crippen molar-refractivity contribution in [3.05, 3.63) is 56.7 Å². The number of hydrogen-bond donors (Lipinski definition) is 0. The van der Waals surface area contributed by atoms with E-state index in [4.69, 9.17) is 4.98 Å². The average Bonchev–Trinajstić information content (AvgIpc) is 3.09. The standard InChI is InChI=1S/C23H27N3O2S2/c1-5-26-21(27)18-16-12-11-14(2)13-17(16)29-20(18)24-23(26)30-19(22(28)25(3)4)15-9-7-6-8-10-15/h6-10,14,19H,5,11-13H2,1-4H3/t14-,19-/m1/s1. The van der Waals surface area contributed by atoms with Gasteiger partial charge in [-0.25, -0.2) is 4.98 Å². The van der Waals surface area contributed by atoms with E-state index in [9.17, 15) is 9.59 Å². The average molecular weight is 442 g/mol. The minimum Gasteiger partial charge on any atom is -0.348 e. The summed E-state index contributed by atoms with van der Waals surface area (Å²) in [5.74, 6) is 0.635. The van der Waals surface area contributed by atoms with E-state index in [0.29, 0.717) is 17.6 Å². The number of hydrogen-bond acceptors (Lipinski definition) is 5. The number of likely N-dealkylation sites (N-methyl/N-ethyl adjacent to an activating group) is 1. The first-order valence-electron chi connectivity index (χ1n) is 10.4. The summed E-state index contributed by atoms with van der Waals surface area (Å²) in [5, 5.41) is 0.965. The molecule has 1 aliphatic carbocycles. The molecule has 1 aromatic carbocycles. The molecule has 0 N–H and O–H groups in total. The van der Waals surface area contributed by atoms with E-state index >= 15 is 0 Å². The van der Waals surface area contributed by atoms with Crippen LogP contribution in [0.1, 0.15) is 41.5 Å². The van der Waals surface area contributed by atoms with E-state index in [0.717, 1.165) is 35.0 Å². The second kappa shape index (κ2) is 8.55. The maximum Gasteiger partial charge on any atom is 0.263 e. The number of carbonyl (C=O) groups excluding carboxylic acids is 1. The Hall–Kier alpha value is -2.12. The molecule has 0 saturated heterocycles. The zero-order chi connectivity index (χ0) is 21.4. The minimum atomic E-state index is -0.446. The van der Waals surface area contributed by atoms with Crippen molar-refractivity contribution in [3.63, 3.8) is 0 Å². The highest BCUT2D eigenvalue weighted by molar-refractivity contribution is 8.00. The van der Waals surface area contributed by atoms with E-state index in [1.165, 1.54) is 22.2 Å². The largest absolute Gasteiger partial charge is 0.348 e. The van der Waals surface area contributed by atoms with Crippen molar-refractivity contribution in [1.82, 2.24) is 14.5 Å². The van der Waals surface area contributed by atoms with Gasteiger partial charge < -0.3 is 4.90 Å². The van der Waals surface area contributed by atoms with Gasteiger partial charge in [-0.2, -0.15) is 0 Å². The quantitative estimate of drug-likeness (QED) is 0.431. The van der Waals surface area contributed by atoms with Crippen LogP contribution in [0.5, 0.6) is 0 Å². The lowest BCUT2D eigenvalue weighted by Crippen LogP contribution is -2.28. The molecule has 0 radical (unpaired) electrons. The third-order valence-electron chi connectivity index (χ3n) is 5.69. The highest BCUT2D eigenvalue weighted by Crippen LogP contribution is 2.39. The summed E-state index contributed by atoms with van der Waals surface area (Å²) in [6, 6.07) is 9.72. The molecule has 0 unspecified atom stereocenters. The smallest absolute Gasteiger partial charge is 0.263 e. The van der Waals surface area contributed by atoms with Gasteiger partial charge in [-0.05, 0) is 43.2 Å². The molecule has 7 heteroatoms. The number of aromatic nitrogens is 2. The van der Waals surface area contributed by atoms with Crippen LogP contribution in [-0.2, 0) is 24.2 Å². The molecule has 3 aromatic rings. The van der Waals surface area contributed by atoms with Crippen LogP contribution >= 0.6 is 23.1 Å². The lowest BCUT2D eigenvalue weighted by atomic mass is 9.89. The summed E-state index contributed by atoms with van der Waals surface area (Å²) < 4.78 is 1.73. The Labute approximate surface area is 185 Å². The lowest BCUT2D eigenvalue weighted by molar-refractivity contribution is -0.128. The number of nitrogens with zero attached hydrogens (tertiary/aromatic N) is 3. The van der Waals surface area contributed by atoms with Gasteiger partial charge in [-0.1, -0.05) is 49.0 Å². The fourth-order valence-electron chi connectivity index (χ4n) is 4.00. The van der Waals surface area contributed by atoms with Gasteiger partial charge in [0.25, 0.3) is 5.56 Å². The summed E-state index contributed by atoms with van der Waals surface area (Å²) >= 11 is 3.03. The third kappa shape index (κ3) is 3.81. The van der Waals surface area contributed by atoms with E-state index in [-0.39, 0.29) is 11.5 Å². The zero-order valence-electron chi connectivity index (χ0n) is 17.8. The van der Waals surface area contributed by atoms with Gasteiger partial charge in [-0.3, -0.25) is 14.2 Å². The molecule has 0 saturated carbocycles. The first-order chi connectivity index (χ1) is 14.4. The van der Waals surface area contributed by atoms with Crippen LogP contribution in [0.4, 0.5) is 0 Å². The number of benzene rings is 1. The molecule has 2 heterocycles. The topological polar surface area (TPSA) is 55.2 Å². The molecule has 2 aromatic heterocycles. The van der Waals surface area contributed by atoms with Crippen LogP contribution in [0.25, 0.3) is 10.2 Å². The second-order valence-electron chi connectivity index (χ2n) is 8.12. The number of fused-ring (bicyclic) bond motifs is 3. The molecular formula is C23H27N3O2S2. The van der Waals surface area contributed by atoms with Crippen molar-refractivity contribution in [2.24, 2.45) is 5.92 Å². The van der Waals surface area contributed by atoms with Gasteiger partial charge >= 0.3 is 0 Å². The van der Waals surface area contributed by atoms with Crippen molar-refractivity contribution in [1.29, 1.82) is 0 Å². The van der Waals surface area contributed by atoms with Crippen LogP contribution in [0.3, 0.4) is 0 Å². The molecule has 0 aliphatic heterocycles. The Morgan fingerprint density at radius 3 is 2.73 bits per heavy atom. The maximum atomic E-state index is 13.4. The van der Waals surface area contributed by atoms with Crippen LogP contribution in [-0.4, -0.2) is 34.5 Å². The number of aryl methyl sites for hydroxylation is 1. The Bertz CT molecular complexity index is 1130. The summed E-state index contributed by atoms with van der Waals surface area (Å²) in [5.41, 5.74) is 2.15. The highest BCUT2D eigenvalue weighted by atomic mass is 32.2. The number of thiophene rings is 1. The van der Waals surface area contributed by atoms with Gasteiger partial charge in [-0.15, -0.1) is 11.3 Å². The molecule has 158 valence electrons. The monoisotopic (exact) mass is 441 g/mol. The first-order valence-corrected chi connectivity index (χ1v) is 12.1.